The van der Waals surface area contributed by atoms with Crippen LogP contribution >= 0.6 is 11.6 Å². The Morgan fingerprint density at radius 1 is 1.41 bits per heavy atom. The lowest BCUT2D eigenvalue weighted by Gasteiger charge is -2.31. The maximum atomic E-state index is 11.2. The number of anilines is 2. The molecule has 1 fully saturated rings. The van der Waals surface area contributed by atoms with Crippen molar-refractivity contribution in [2.45, 2.75) is 58.7 Å². The molecule has 1 saturated heterocycles. The van der Waals surface area contributed by atoms with Crippen LogP contribution in [0.1, 0.15) is 43.5 Å². The first kappa shape index (κ1) is 30.2. The highest BCUT2D eigenvalue weighted by Crippen LogP contribution is 2.32. The van der Waals surface area contributed by atoms with Crippen molar-refractivity contribution in [3.63, 3.8) is 0 Å². The molecule has 1 amide bonds. The Labute approximate surface area is 237 Å². The molecule has 210 valence electrons. The molecular formula is C29H40ClN7O2. The quantitative estimate of drug-likeness (QED) is 0.383. The summed E-state index contributed by atoms with van der Waals surface area (Å²) in [5.74, 6) is 0.436. The van der Waals surface area contributed by atoms with Gasteiger partial charge in [0.25, 0.3) is 0 Å². The maximum absolute atomic E-state index is 11.2. The van der Waals surface area contributed by atoms with Gasteiger partial charge in [0.2, 0.25) is 12.5 Å². The number of nitrogens with zero attached hydrogens (tertiary/aromatic N) is 6. The first-order valence-corrected chi connectivity index (χ1v) is 13.8. The zero-order valence-electron chi connectivity index (χ0n) is 23.5. The predicted molar refractivity (Wildman–Crippen MR) is 157 cm³/mol. The standard InChI is InChI=1S/C20H26ClN5O.C9H14N2O/c1-13-16(21)6-3-7-18(13)26-10-8-15-17(11-26)23-20(24-19(15)22)27-12-14-5-4-9-25(14)2;1-5-9(12)11(6-2)8(3)7-10-4/h3,6-7,14H,4-5,8-12H2,1-2H3,(H2,22,23,24);5,8H,1,6-7H2,2-3H3/t14-;8-/m01/s1. The second kappa shape index (κ2) is 14.2. The minimum Gasteiger partial charge on any atom is -0.462 e. The van der Waals surface area contributed by atoms with Crippen molar-refractivity contribution in [1.29, 1.82) is 0 Å². The summed E-state index contributed by atoms with van der Waals surface area (Å²) in [7, 11) is 2.13. The van der Waals surface area contributed by atoms with E-state index >= 15 is 0 Å². The molecule has 0 aliphatic carbocycles. The lowest BCUT2D eigenvalue weighted by molar-refractivity contribution is -0.127. The summed E-state index contributed by atoms with van der Waals surface area (Å²) in [5, 5.41) is 0.783. The molecule has 0 saturated carbocycles. The van der Waals surface area contributed by atoms with Crippen LogP contribution in [-0.2, 0) is 17.8 Å². The fraction of sp³-hybridized carbons (Fsp3) is 0.517. The minimum atomic E-state index is -0.103. The minimum absolute atomic E-state index is 0.0157. The van der Waals surface area contributed by atoms with Crippen molar-refractivity contribution < 1.29 is 9.53 Å². The number of nitrogen functional groups attached to an aromatic ring is 1. The second-order valence-corrected chi connectivity index (χ2v) is 10.4. The fourth-order valence-corrected chi connectivity index (χ4v) is 5.21. The Balaban J connectivity index is 0.000000298. The number of ether oxygens (including phenoxy) is 1. The van der Waals surface area contributed by atoms with Crippen LogP contribution in [0, 0.1) is 13.5 Å². The number of likely N-dealkylation sites (tertiary alicyclic amines) is 1. The van der Waals surface area contributed by atoms with Crippen molar-refractivity contribution in [3.8, 4) is 6.01 Å². The van der Waals surface area contributed by atoms with Gasteiger partial charge in [0.05, 0.1) is 12.2 Å². The zero-order valence-corrected chi connectivity index (χ0v) is 24.2. The molecule has 0 bridgehead atoms. The van der Waals surface area contributed by atoms with E-state index in [0.717, 1.165) is 53.5 Å². The van der Waals surface area contributed by atoms with E-state index in [2.05, 4.69) is 44.3 Å². The third-order valence-electron chi connectivity index (χ3n) is 7.42. The summed E-state index contributed by atoms with van der Waals surface area (Å²) in [4.78, 5) is 29.7. The van der Waals surface area contributed by atoms with Gasteiger partial charge in [0.15, 0.2) is 0 Å². The van der Waals surface area contributed by atoms with E-state index in [9.17, 15) is 4.79 Å². The molecule has 1 aromatic heterocycles. The summed E-state index contributed by atoms with van der Waals surface area (Å²) in [6.07, 6.45) is 4.47. The number of hydrogen-bond donors (Lipinski definition) is 1. The summed E-state index contributed by atoms with van der Waals surface area (Å²) in [6.45, 7) is 20.1. The number of fused-ring (bicyclic) bond motifs is 1. The number of benzene rings is 1. The van der Waals surface area contributed by atoms with Gasteiger partial charge in [-0.1, -0.05) is 24.2 Å². The molecule has 2 aromatic rings. The first-order valence-electron chi connectivity index (χ1n) is 13.4. The number of amides is 1. The van der Waals surface area contributed by atoms with Crippen LogP contribution < -0.4 is 15.4 Å². The maximum Gasteiger partial charge on any atom is 0.318 e. The number of aromatic nitrogens is 2. The van der Waals surface area contributed by atoms with Gasteiger partial charge in [0.1, 0.15) is 18.5 Å². The normalized spacial score (nSPS) is 17.3. The molecule has 4 rings (SSSR count). The van der Waals surface area contributed by atoms with Gasteiger partial charge in [-0.05, 0) is 77.4 Å². The van der Waals surface area contributed by atoms with Crippen LogP contribution in [-0.4, -0.2) is 77.6 Å². The average Bonchev–Trinajstić information content (AvgIpc) is 3.34. The number of halogens is 1. The van der Waals surface area contributed by atoms with Crippen LogP contribution in [0.25, 0.3) is 4.85 Å². The molecule has 2 aliphatic heterocycles. The van der Waals surface area contributed by atoms with Gasteiger partial charge >= 0.3 is 6.01 Å². The molecule has 0 radical (unpaired) electrons. The lowest BCUT2D eigenvalue weighted by Crippen LogP contribution is -2.38. The Kier molecular flexibility index (Phi) is 11.0. The largest absolute Gasteiger partial charge is 0.462 e. The van der Waals surface area contributed by atoms with Crippen LogP contribution in [0.5, 0.6) is 6.01 Å². The van der Waals surface area contributed by atoms with Gasteiger partial charge in [-0.15, -0.1) is 0 Å². The first-order chi connectivity index (χ1) is 18.7. The Hall–Kier alpha value is -3.35. The lowest BCUT2D eigenvalue weighted by atomic mass is 10.0. The van der Waals surface area contributed by atoms with Crippen molar-refractivity contribution in [2.24, 2.45) is 0 Å². The number of hydrogen-bond acceptors (Lipinski definition) is 7. The molecule has 9 nitrogen and oxygen atoms in total. The monoisotopic (exact) mass is 553 g/mol. The van der Waals surface area contributed by atoms with Crippen molar-refractivity contribution >= 4 is 29.0 Å². The van der Waals surface area contributed by atoms with E-state index in [1.165, 1.54) is 12.5 Å². The third-order valence-corrected chi connectivity index (χ3v) is 7.83. The highest BCUT2D eigenvalue weighted by atomic mass is 35.5. The van der Waals surface area contributed by atoms with Crippen LogP contribution in [0.2, 0.25) is 5.02 Å². The summed E-state index contributed by atoms with van der Waals surface area (Å²) >= 11 is 6.30. The average molecular weight is 554 g/mol. The number of likely N-dealkylation sites (N-methyl/N-ethyl adjacent to an activating group) is 2. The smallest absolute Gasteiger partial charge is 0.318 e. The molecular weight excluding hydrogens is 514 g/mol. The Morgan fingerprint density at radius 3 is 2.82 bits per heavy atom. The van der Waals surface area contributed by atoms with Crippen LogP contribution in [0.4, 0.5) is 11.5 Å². The van der Waals surface area contributed by atoms with Crippen molar-refractivity contribution in [2.75, 3.05) is 50.5 Å². The zero-order chi connectivity index (χ0) is 28.5. The van der Waals surface area contributed by atoms with Gasteiger partial charge in [-0.25, -0.2) is 6.57 Å². The SMILES string of the molecule is Cc1c(Cl)cccc1N1CCc2c(N)nc(OC[C@@H]3CCCN3C)nc2C1.[C-]#[N+]C[C@@H](C)N(CC)C(=O)C=C. The van der Waals surface area contributed by atoms with Crippen LogP contribution in [0.15, 0.2) is 30.9 Å². The highest BCUT2D eigenvalue weighted by Gasteiger charge is 2.25. The summed E-state index contributed by atoms with van der Waals surface area (Å²) in [6, 6.07) is 6.81. The van der Waals surface area contributed by atoms with E-state index < -0.39 is 0 Å². The fourth-order valence-electron chi connectivity index (χ4n) is 5.04. The number of nitrogens with two attached hydrogens (primary N) is 1. The van der Waals surface area contributed by atoms with Gasteiger partial charge < -0.3 is 30.0 Å². The van der Waals surface area contributed by atoms with Crippen molar-refractivity contribution in [3.05, 3.63) is 64.1 Å². The van der Waals surface area contributed by atoms with E-state index in [1.807, 2.05) is 32.9 Å². The molecule has 0 unspecified atom stereocenters. The van der Waals surface area contributed by atoms with E-state index in [-0.39, 0.29) is 11.9 Å². The predicted octanol–water partition coefficient (Wildman–Crippen LogP) is 4.39. The van der Waals surface area contributed by atoms with Crippen LogP contribution in [0.3, 0.4) is 0 Å². The highest BCUT2D eigenvalue weighted by molar-refractivity contribution is 6.31. The van der Waals surface area contributed by atoms with Gasteiger partial charge in [-0.3, -0.25) is 4.79 Å². The topological polar surface area (TPSA) is 92.2 Å². The summed E-state index contributed by atoms with van der Waals surface area (Å²) < 4.78 is 5.91. The molecule has 2 atom stereocenters. The number of carbonyl (C=O) groups excluding carboxylic acids is 1. The Bertz CT molecular complexity index is 1200. The molecule has 1 aromatic carbocycles. The van der Waals surface area contributed by atoms with E-state index in [0.29, 0.717) is 44.1 Å². The number of carbonyl (C=O) groups is 1. The van der Waals surface area contributed by atoms with Gasteiger partial charge in [0, 0.05) is 35.4 Å². The molecule has 39 heavy (non-hydrogen) atoms. The molecule has 2 aliphatic rings. The third kappa shape index (κ3) is 7.61. The van der Waals surface area contributed by atoms with Crippen molar-refractivity contribution in [1.82, 2.24) is 19.8 Å². The molecule has 10 heteroatoms. The van der Waals surface area contributed by atoms with E-state index in [1.54, 1.807) is 4.90 Å². The molecule has 0 spiro atoms. The van der Waals surface area contributed by atoms with E-state index in [4.69, 9.17) is 28.6 Å². The number of rotatable bonds is 8. The molecule has 3 heterocycles. The molecule has 2 N–H and O–H groups in total. The Morgan fingerprint density at radius 2 is 2.18 bits per heavy atom. The second-order valence-electron chi connectivity index (χ2n) is 9.98. The summed E-state index contributed by atoms with van der Waals surface area (Å²) in [5.41, 5.74) is 10.4. The van der Waals surface area contributed by atoms with Gasteiger partial charge in [-0.2, -0.15) is 9.97 Å².